The Labute approximate surface area is 192 Å². The molecular weight excluding hydrogens is 465 g/mol. The highest BCUT2D eigenvalue weighted by atomic mass is 35.5. The van der Waals surface area contributed by atoms with Gasteiger partial charge in [-0.3, -0.25) is 9.59 Å². The van der Waals surface area contributed by atoms with Gasteiger partial charge >= 0.3 is 5.97 Å². The molecule has 2 aromatic carbocycles. The van der Waals surface area contributed by atoms with Gasteiger partial charge < -0.3 is 19.9 Å². The van der Waals surface area contributed by atoms with Crippen molar-refractivity contribution in [2.45, 2.75) is 18.3 Å². The highest BCUT2D eigenvalue weighted by Gasteiger charge is 2.32. The van der Waals surface area contributed by atoms with Gasteiger partial charge in [0.15, 0.2) is 16.7 Å². The number of aliphatic carboxylic acids is 1. The summed E-state index contributed by atoms with van der Waals surface area (Å²) in [6.45, 7) is 0.238. The van der Waals surface area contributed by atoms with Gasteiger partial charge in [0, 0.05) is 22.2 Å². The molecule has 0 radical (unpaired) electrons. The highest BCUT2D eigenvalue weighted by Crippen LogP contribution is 2.34. The maximum atomic E-state index is 11.7. The largest absolute Gasteiger partial charge is 0.493 e. The highest BCUT2D eigenvalue weighted by molar-refractivity contribution is 8.15. The molecule has 0 saturated carbocycles. The molecule has 0 spiro atoms. The molecule has 1 amide bonds. The fraction of sp³-hybridized carbons (Fsp3) is 0.200. The number of halogens is 2. The lowest BCUT2D eigenvalue weighted by Gasteiger charge is -2.13. The van der Waals surface area contributed by atoms with Crippen molar-refractivity contribution in [2.75, 3.05) is 7.11 Å². The van der Waals surface area contributed by atoms with E-state index in [1.807, 2.05) is 18.2 Å². The Morgan fingerprint density at radius 2 is 2.03 bits per heavy atom. The third-order valence-corrected chi connectivity index (χ3v) is 5.87. The van der Waals surface area contributed by atoms with Crippen molar-refractivity contribution in [3.63, 3.8) is 0 Å². The predicted molar refractivity (Wildman–Crippen MR) is 121 cm³/mol. The molecule has 2 aromatic rings. The fourth-order valence-corrected chi connectivity index (χ4v) is 3.89. The van der Waals surface area contributed by atoms with Crippen LogP contribution in [-0.4, -0.2) is 40.7 Å². The first-order valence-corrected chi connectivity index (χ1v) is 10.5. The zero-order valence-electron chi connectivity index (χ0n) is 16.2. The van der Waals surface area contributed by atoms with Gasteiger partial charge in [-0.25, -0.2) is 0 Å². The third-order valence-electron chi connectivity index (χ3n) is 4.11. The molecule has 0 aliphatic carbocycles. The predicted octanol–water partition coefficient (Wildman–Crippen LogP) is 3.98. The average Bonchev–Trinajstić information content (AvgIpc) is 3.07. The Hall–Kier alpha value is -2.75. The number of carboxylic acids is 1. The van der Waals surface area contributed by atoms with E-state index in [0.717, 1.165) is 17.3 Å². The van der Waals surface area contributed by atoms with Gasteiger partial charge in [-0.15, -0.1) is 5.10 Å². The first-order chi connectivity index (χ1) is 14.9. The van der Waals surface area contributed by atoms with Crippen molar-refractivity contribution in [3.8, 4) is 11.5 Å². The third kappa shape index (κ3) is 6.13. The number of ether oxygens (including phenoxy) is 2. The Kier molecular flexibility index (Phi) is 7.78. The van der Waals surface area contributed by atoms with Crippen LogP contribution in [0.5, 0.6) is 11.5 Å². The number of thioether (sulfide) groups is 1. The lowest BCUT2D eigenvalue weighted by Crippen LogP contribution is -2.26. The van der Waals surface area contributed by atoms with Crippen LogP contribution in [0.4, 0.5) is 0 Å². The summed E-state index contributed by atoms with van der Waals surface area (Å²) in [6.07, 6.45) is 1.10. The summed E-state index contributed by atoms with van der Waals surface area (Å²) in [6, 6.07) is 10.6. The summed E-state index contributed by atoms with van der Waals surface area (Å²) in [5.74, 6) is -0.601. The number of carbonyl (C=O) groups is 2. The number of amidine groups is 1. The topological polar surface area (TPSA) is 110 Å². The number of carbonyl (C=O) groups excluding carboxylic acids is 1. The van der Waals surface area contributed by atoms with Crippen LogP contribution >= 0.6 is 35.0 Å². The second-order valence-electron chi connectivity index (χ2n) is 6.25. The normalized spacial score (nSPS) is 17.2. The summed E-state index contributed by atoms with van der Waals surface area (Å²) in [7, 11) is 1.50. The Morgan fingerprint density at radius 3 is 2.74 bits per heavy atom. The molecule has 0 aromatic heterocycles. The molecule has 0 bridgehead atoms. The number of rotatable bonds is 8. The molecule has 3 rings (SSSR count). The quantitative estimate of drug-likeness (QED) is 0.435. The molecule has 8 nitrogen and oxygen atoms in total. The molecule has 1 unspecified atom stereocenters. The summed E-state index contributed by atoms with van der Waals surface area (Å²) < 4.78 is 11.2. The molecule has 1 aliphatic rings. The van der Waals surface area contributed by atoms with E-state index < -0.39 is 17.1 Å². The van der Waals surface area contributed by atoms with Gasteiger partial charge in [0.2, 0.25) is 5.91 Å². The minimum absolute atomic E-state index is 0.218. The van der Waals surface area contributed by atoms with Crippen LogP contribution in [0, 0.1) is 0 Å². The van der Waals surface area contributed by atoms with Crippen molar-refractivity contribution in [2.24, 2.45) is 10.2 Å². The second kappa shape index (κ2) is 10.5. The van der Waals surface area contributed by atoms with Crippen molar-refractivity contribution in [3.05, 3.63) is 57.6 Å². The van der Waals surface area contributed by atoms with Crippen LogP contribution in [-0.2, 0) is 16.2 Å². The summed E-state index contributed by atoms with van der Waals surface area (Å²) in [5.41, 5.74) is 1.34. The van der Waals surface area contributed by atoms with Gasteiger partial charge in [-0.2, -0.15) is 5.10 Å². The van der Waals surface area contributed by atoms with E-state index in [9.17, 15) is 9.59 Å². The summed E-state index contributed by atoms with van der Waals surface area (Å²) in [4.78, 5) is 22.5. The number of benzene rings is 2. The first-order valence-electron chi connectivity index (χ1n) is 8.91. The number of nitrogens with zero attached hydrogens (tertiary/aromatic N) is 2. The SMILES string of the molecule is COc1cc(C=NN=C2NC(=O)C(CC(=O)O)S2)c(Cl)cc1OCc1ccccc1Cl. The molecule has 1 saturated heterocycles. The van der Waals surface area contributed by atoms with Crippen molar-refractivity contribution in [1.82, 2.24) is 5.32 Å². The standard InChI is InChI=1S/C20H17Cl2N3O5S/c1-29-15-6-12(9-23-25-20-24-19(28)17(31-20)8-18(26)27)14(22)7-16(15)30-10-11-4-2-3-5-13(11)21/h2-7,9,17H,8,10H2,1H3,(H,26,27)(H,24,25,28). The number of hydrogen-bond acceptors (Lipinski definition) is 7. The Balaban J connectivity index is 1.70. The van der Waals surface area contributed by atoms with Crippen molar-refractivity contribution >= 4 is 58.2 Å². The first kappa shape index (κ1) is 22.9. The molecule has 1 fully saturated rings. The molecule has 1 heterocycles. The molecule has 1 atom stereocenters. The molecule has 31 heavy (non-hydrogen) atoms. The zero-order chi connectivity index (χ0) is 22.4. The minimum atomic E-state index is -1.06. The Morgan fingerprint density at radius 1 is 1.26 bits per heavy atom. The lowest BCUT2D eigenvalue weighted by atomic mass is 10.2. The van der Waals surface area contributed by atoms with Crippen LogP contribution in [0.3, 0.4) is 0 Å². The zero-order valence-corrected chi connectivity index (χ0v) is 18.5. The van der Waals surface area contributed by atoms with Crippen LogP contribution < -0.4 is 14.8 Å². The van der Waals surface area contributed by atoms with E-state index in [2.05, 4.69) is 15.5 Å². The van der Waals surface area contributed by atoms with E-state index in [-0.39, 0.29) is 18.2 Å². The fourth-order valence-electron chi connectivity index (χ4n) is 2.58. The molecule has 1 aliphatic heterocycles. The van der Waals surface area contributed by atoms with E-state index in [0.29, 0.717) is 27.1 Å². The van der Waals surface area contributed by atoms with Crippen LogP contribution in [0.15, 0.2) is 46.6 Å². The van der Waals surface area contributed by atoms with Crippen LogP contribution in [0.25, 0.3) is 0 Å². The number of methoxy groups -OCH3 is 1. The molecule has 162 valence electrons. The van der Waals surface area contributed by atoms with Gasteiger partial charge in [-0.05, 0) is 12.1 Å². The van der Waals surface area contributed by atoms with Gasteiger partial charge in [0.1, 0.15) is 11.9 Å². The van der Waals surface area contributed by atoms with Crippen LogP contribution in [0.1, 0.15) is 17.5 Å². The average molecular weight is 482 g/mol. The number of hydrogen-bond donors (Lipinski definition) is 2. The van der Waals surface area contributed by atoms with E-state index in [4.69, 9.17) is 37.8 Å². The Bertz CT molecular complexity index is 1060. The van der Waals surface area contributed by atoms with Crippen molar-refractivity contribution < 1.29 is 24.2 Å². The summed E-state index contributed by atoms with van der Waals surface area (Å²) in [5, 5.41) is 19.6. The smallest absolute Gasteiger partial charge is 0.305 e. The molecular formula is C20H17Cl2N3O5S. The van der Waals surface area contributed by atoms with E-state index >= 15 is 0 Å². The maximum Gasteiger partial charge on any atom is 0.305 e. The van der Waals surface area contributed by atoms with E-state index in [1.165, 1.54) is 13.3 Å². The number of nitrogens with one attached hydrogen (secondary N) is 1. The monoisotopic (exact) mass is 481 g/mol. The second-order valence-corrected chi connectivity index (χ2v) is 8.25. The molecule has 2 N–H and O–H groups in total. The van der Waals surface area contributed by atoms with Gasteiger partial charge in [0.05, 0.1) is 24.8 Å². The molecule has 11 heteroatoms. The minimum Gasteiger partial charge on any atom is -0.493 e. The number of amides is 1. The van der Waals surface area contributed by atoms with Crippen molar-refractivity contribution in [1.29, 1.82) is 0 Å². The van der Waals surface area contributed by atoms with Gasteiger partial charge in [-0.1, -0.05) is 53.2 Å². The van der Waals surface area contributed by atoms with Gasteiger partial charge in [0.25, 0.3) is 0 Å². The maximum absolute atomic E-state index is 11.7. The number of carboxylic acid groups (broad SMARTS) is 1. The lowest BCUT2D eigenvalue weighted by molar-refractivity contribution is -0.138. The summed E-state index contributed by atoms with van der Waals surface area (Å²) >= 11 is 13.5. The van der Waals surface area contributed by atoms with E-state index in [1.54, 1.807) is 18.2 Å². The van der Waals surface area contributed by atoms with Crippen LogP contribution in [0.2, 0.25) is 10.0 Å².